The summed E-state index contributed by atoms with van der Waals surface area (Å²) in [6.07, 6.45) is 0.745. The number of ether oxygens (including phenoxy) is 1. The van der Waals surface area contributed by atoms with Gasteiger partial charge in [-0.15, -0.1) is 0 Å². The molecule has 9 nitrogen and oxygen atoms in total. The highest BCUT2D eigenvalue weighted by atomic mass is 19.4. The molecule has 5 rings (SSSR count). The molecule has 5 heterocycles. The third-order valence-corrected chi connectivity index (χ3v) is 5.19. The van der Waals surface area contributed by atoms with E-state index in [-0.39, 0.29) is 29.6 Å². The highest BCUT2D eigenvalue weighted by Crippen LogP contribution is 2.38. The van der Waals surface area contributed by atoms with Gasteiger partial charge < -0.3 is 15.4 Å². The van der Waals surface area contributed by atoms with E-state index in [1.807, 2.05) is 0 Å². The van der Waals surface area contributed by atoms with Gasteiger partial charge in [-0.2, -0.15) is 13.2 Å². The second-order valence-corrected chi connectivity index (χ2v) is 7.05. The molecule has 0 aromatic carbocycles. The van der Waals surface area contributed by atoms with E-state index in [4.69, 9.17) is 10.5 Å². The first-order chi connectivity index (χ1) is 14.7. The Bertz CT molecular complexity index is 1350. The van der Waals surface area contributed by atoms with Crippen LogP contribution >= 0.6 is 0 Å². The number of amides is 1. The first-order valence-corrected chi connectivity index (χ1v) is 9.08. The van der Waals surface area contributed by atoms with E-state index in [9.17, 15) is 18.0 Å². The summed E-state index contributed by atoms with van der Waals surface area (Å²) < 4.78 is 45.8. The van der Waals surface area contributed by atoms with E-state index < -0.39 is 23.7 Å². The number of nitrogens with zero attached hydrogens (tertiary/aromatic N) is 6. The lowest BCUT2D eigenvalue weighted by Crippen LogP contribution is -2.33. The summed E-state index contributed by atoms with van der Waals surface area (Å²) in [5, 5.41) is 0. The van der Waals surface area contributed by atoms with Crippen LogP contribution in [0.2, 0.25) is 0 Å². The topological polar surface area (TPSA) is 112 Å². The number of pyridine rings is 2. The lowest BCUT2D eigenvalue weighted by Gasteiger charge is -2.22. The zero-order valence-electron chi connectivity index (χ0n) is 16.0. The summed E-state index contributed by atoms with van der Waals surface area (Å²) in [6.45, 7) is -0.0106. The van der Waals surface area contributed by atoms with Gasteiger partial charge in [0.25, 0.3) is 5.91 Å². The van der Waals surface area contributed by atoms with Crippen molar-refractivity contribution in [3.63, 3.8) is 0 Å². The highest BCUT2D eigenvalue weighted by molar-refractivity contribution is 5.96. The molecule has 0 unspecified atom stereocenters. The molecule has 0 radical (unpaired) electrons. The van der Waals surface area contributed by atoms with Crippen LogP contribution in [-0.4, -0.2) is 48.8 Å². The number of anilines is 1. The molecule has 0 aliphatic carbocycles. The first-order valence-electron chi connectivity index (χ1n) is 9.08. The van der Waals surface area contributed by atoms with Gasteiger partial charge in [-0.1, -0.05) is 0 Å². The number of carbonyl (C=O) groups excluding carboxylic acids is 1. The Hall–Kier alpha value is -3.96. The zero-order valence-corrected chi connectivity index (χ0v) is 16.0. The van der Waals surface area contributed by atoms with Crippen LogP contribution < -0.4 is 10.5 Å². The van der Waals surface area contributed by atoms with Crippen molar-refractivity contribution < 1.29 is 22.7 Å². The molecule has 31 heavy (non-hydrogen) atoms. The maximum Gasteiger partial charge on any atom is 0.418 e. The summed E-state index contributed by atoms with van der Waals surface area (Å²) in [4.78, 5) is 30.8. The molecule has 0 saturated heterocycles. The number of alkyl halides is 3. The Kier molecular flexibility index (Phi) is 4.00. The van der Waals surface area contributed by atoms with Gasteiger partial charge in [0.05, 0.1) is 29.8 Å². The predicted molar refractivity (Wildman–Crippen MR) is 102 cm³/mol. The van der Waals surface area contributed by atoms with E-state index >= 15 is 0 Å². The molecule has 0 bridgehead atoms. The number of nitrogen functional groups attached to an aromatic ring is 1. The van der Waals surface area contributed by atoms with Crippen molar-refractivity contribution >= 4 is 28.3 Å². The molecule has 4 aromatic heterocycles. The summed E-state index contributed by atoms with van der Waals surface area (Å²) in [6, 6.07) is 1.80. The van der Waals surface area contributed by atoms with E-state index in [1.165, 1.54) is 18.1 Å². The fourth-order valence-corrected chi connectivity index (χ4v) is 3.54. The molecule has 4 aromatic rings. The van der Waals surface area contributed by atoms with Gasteiger partial charge in [0.15, 0.2) is 0 Å². The number of likely N-dealkylation sites (N-methyl/N-ethyl adjacent to an activating group) is 1. The minimum absolute atomic E-state index is 0.00532. The molecule has 1 aliphatic rings. The molecular weight excluding hydrogens is 415 g/mol. The van der Waals surface area contributed by atoms with Crippen molar-refractivity contribution in [2.24, 2.45) is 0 Å². The van der Waals surface area contributed by atoms with Gasteiger partial charge >= 0.3 is 6.18 Å². The van der Waals surface area contributed by atoms with Crippen molar-refractivity contribution in [2.75, 3.05) is 19.4 Å². The second kappa shape index (κ2) is 6.52. The number of nitrogens with two attached hydrogens (primary N) is 1. The van der Waals surface area contributed by atoms with Crippen molar-refractivity contribution in [1.29, 1.82) is 0 Å². The molecule has 1 atom stereocenters. The summed E-state index contributed by atoms with van der Waals surface area (Å²) in [7, 11) is 1.52. The van der Waals surface area contributed by atoms with Crippen LogP contribution in [0.3, 0.4) is 0 Å². The number of halogens is 3. The van der Waals surface area contributed by atoms with E-state index in [1.54, 1.807) is 23.0 Å². The van der Waals surface area contributed by atoms with Gasteiger partial charge in [-0.25, -0.2) is 15.0 Å². The normalized spacial score (nSPS) is 15.8. The third-order valence-electron chi connectivity index (χ3n) is 5.19. The van der Waals surface area contributed by atoms with Crippen LogP contribution in [0, 0.1) is 0 Å². The van der Waals surface area contributed by atoms with Gasteiger partial charge in [0.2, 0.25) is 0 Å². The monoisotopic (exact) mass is 429 g/mol. The molecule has 0 fully saturated rings. The van der Waals surface area contributed by atoms with Crippen molar-refractivity contribution in [2.45, 2.75) is 12.2 Å². The van der Waals surface area contributed by atoms with Crippen molar-refractivity contribution in [3.8, 4) is 5.75 Å². The number of fused-ring (bicyclic) bond motifs is 4. The predicted octanol–water partition coefficient (Wildman–Crippen LogP) is 2.48. The third kappa shape index (κ3) is 2.98. The van der Waals surface area contributed by atoms with E-state index in [0.717, 1.165) is 12.3 Å². The van der Waals surface area contributed by atoms with Crippen LogP contribution in [0.5, 0.6) is 5.75 Å². The Morgan fingerprint density at radius 3 is 2.81 bits per heavy atom. The SMILES string of the molecule is CN(C(=O)c1cc2c(cn1)nc(N)c1cncn12)[C@@H]1COc2cc(C(F)(F)F)cnc21. The van der Waals surface area contributed by atoms with Crippen LogP contribution in [-0.2, 0) is 6.18 Å². The Morgan fingerprint density at radius 1 is 1.23 bits per heavy atom. The average molecular weight is 429 g/mol. The van der Waals surface area contributed by atoms with E-state index in [0.29, 0.717) is 16.6 Å². The first kappa shape index (κ1) is 19.0. The number of hydrogen-bond acceptors (Lipinski definition) is 7. The van der Waals surface area contributed by atoms with Gasteiger partial charge in [-0.05, 0) is 12.1 Å². The molecule has 12 heteroatoms. The highest BCUT2D eigenvalue weighted by Gasteiger charge is 2.37. The second-order valence-electron chi connectivity index (χ2n) is 7.05. The summed E-state index contributed by atoms with van der Waals surface area (Å²) >= 11 is 0. The summed E-state index contributed by atoms with van der Waals surface area (Å²) in [5.41, 5.74) is 7.05. The van der Waals surface area contributed by atoms with Crippen molar-refractivity contribution in [3.05, 3.63) is 54.0 Å². The van der Waals surface area contributed by atoms with Gasteiger partial charge in [0, 0.05) is 13.2 Å². The fourth-order valence-electron chi connectivity index (χ4n) is 3.54. The quantitative estimate of drug-likeness (QED) is 0.521. The van der Waals surface area contributed by atoms with Crippen LogP contribution in [0.4, 0.5) is 19.0 Å². The maximum atomic E-state index is 13.1. The van der Waals surface area contributed by atoms with Gasteiger partial charge in [0.1, 0.15) is 46.6 Å². The number of aromatic nitrogens is 5. The number of imidazole rings is 1. The molecule has 1 amide bonds. The Balaban J connectivity index is 1.49. The number of rotatable bonds is 2. The Morgan fingerprint density at radius 2 is 2.03 bits per heavy atom. The molecule has 158 valence electrons. The van der Waals surface area contributed by atoms with Crippen LogP contribution in [0.15, 0.2) is 37.1 Å². The summed E-state index contributed by atoms with van der Waals surface area (Å²) in [5.74, 6) is -0.159. The average Bonchev–Trinajstić information content (AvgIpc) is 3.39. The fraction of sp³-hybridized carbons (Fsp3) is 0.211. The molecule has 2 N–H and O–H groups in total. The van der Waals surface area contributed by atoms with Crippen LogP contribution in [0.25, 0.3) is 16.6 Å². The molecular formula is C19H14F3N7O2. The minimum Gasteiger partial charge on any atom is -0.489 e. The number of carbonyl (C=O) groups is 1. The van der Waals surface area contributed by atoms with E-state index in [2.05, 4.69) is 19.9 Å². The molecule has 0 saturated carbocycles. The minimum atomic E-state index is -4.53. The Labute approximate surface area is 172 Å². The largest absolute Gasteiger partial charge is 0.489 e. The molecule has 0 spiro atoms. The molecule has 1 aliphatic heterocycles. The smallest absolute Gasteiger partial charge is 0.418 e. The maximum absolute atomic E-state index is 13.1. The van der Waals surface area contributed by atoms with Crippen LogP contribution in [0.1, 0.15) is 27.8 Å². The standard InChI is InChI=1S/C19H14F3N7O2/c1-28(14-7-31-15-2-9(19(20,21)22)4-26-16(14)15)18(30)10-3-12-11(5-25-10)27-17(23)13-6-24-8-29(12)13/h2-6,8,14H,7H2,1H3,(H2,23,27)/t14-/m1/s1. The van der Waals surface area contributed by atoms with Crippen molar-refractivity contribution in [1.82, 2.24) is 29.2 Å². The van der Waals surface area contributed by atoms with Gasteiger partial charge in [-0.3, -0.25) is 14.2 Å². The number of hydrogen-bond donors (Lipinski definition) is 1. The zero-order chi connectivity index (χ0) is 21.9. The lowest BCUT2D eigenvalue weighted by molar-refractivity contribution is -0.137. The lowest BCUT2D eigenvalue weighted by atomic mass is 10.1.